The minimum atomic E-state index is -0.190. The zero-order chi connectivity index (χ0) is 13.7. The van der Waals surface area contributed by atoms with Crippen LogP contribution in [0.2, 0.25) is 0 Å². The Morgan fingerprint density at radius 2 is 2.26 bits per heavy atom. The van der Waals surface area contributed by atoms with E-state index in [1.54, 1.807) is 23.5 Å². The number of thiophene rings is 1. The average Bonchev–Trinajstić information content (AvgIpc) is 2.92. The molecule has 0 bridgehead atoms. The molecule has 0 atom stereocenters. The van der Waals surface area contributed by atoms with Crippen molar-refractivity contribution in [3.8, 4) is 0 Å². The molecule has 0 aliphatic heterocycles. The van der Waals surface area contributed by atoms with Crippen molar-refractivity contribution < 1.29 is 4.79 Å². The van der Waals surface area contributed by atoms with E-state index in [0.717, 1.165) is 6.42 Å². The van der Waals surface area contributed by atoms with Crippen molar-refractivity contribution in [1.82, 2.24) is 10.3 Å². The molecule has 2 heterocycles. The molecule has 0 aliphatic carbocycles. The first-order valence-electron chi connectivity index (χ1n) is 5.72. The number of carbonyl (C=O) groups excluding carboxylic acids is 1. The van der Waals surface area contributed by atoms with Crippen LogP contribution in [0.15, 0.2) is 35.2 Å². The molecule has 6 heteroatoms. The molecule has 0 aromatic carbocycles. The first kappa shape index (κ1) is 13.6. The van der Waals surface area contributed by atoms with E-state index in [1.807, 2.05) is 11.4 Å². The molecule has 0 aliphatic rings. The van der Waals surface area contributed by atoms with Gasteiger partial charge in [0.1, 0.15) is 10.7 Å². The summed E-state index contributed by atoms with van der Waals surface area (Å²) in [5.41, 5.74) is 7.71. The standard InChI is InChI=1S/C13H13N3OS2/c14-12(18)10-1-2-11(16-7-10)13(17)15-5-3-9-4-6-19-8-9/h1-2,4,6-8H,3,5H2,(H2,14,18)(H,15,17). The van der Waals surface area contributed by atoms with Crippen LogP contribution in [-0.2, 0) is 6.42 Å². The van der Waals surface area contributed by atoms with Gasteiger partial charge in [0, 0.05) is 18.3 Å². The summed E-state index contributed by atoms with van der Waals surface area (Å²) in [6.45, 7) is 0.592. The van der Waals surface area contributed by atoms with Crippen molar-refractivity contribution in [2.75, 3.05) is 6.54 Å². The molecule has 3 N–H and O–H groups in total. The van der Waals surface area contributed by atoms with Crippen LogP contribution in [0.1, 0.15) is 21.6 Å². The zero-order valence-corrected chi connectivity index (χ0v) is 11.8. The minimum absolute atomic E-state index is 0.190. The highest BCUT2D eigenvalue weighted by Crippen LogP contribution is 2.06. The SMILES string of the molecule is NC(=S)c1ccc(C(=O)NCCc2ccsc2)nc1. The number of pyridine rings is 1. The van der Waals surface area contributed by atoms with E-state index in [9.17, 15) is 4.79 Å². The lowest BCUT2D eigenvalue weighted by molar-refractivity contribution is 0.0949. The normalized spacial score (nSPS) is 10.1. The van der Waals surface area contributed by atoms with Gasteiger partial charge in [-0.15, -0.1) is 0 Å². The second-order valence-corrected chi connectivity index (χ2v) is 5.15. The summed E-state index contributed by atoms with van der Waals surface area (Å²) in [5.74, 6) is -0.190. The summed E-state index contributed by atoms with van der Waals surface area (Å²) in [6.07, 6.45) is 2.33. The lowest BCUT2D eigenvalue weighted by Gasteiger charge is -2.04. The third-order valence-corrected chi connectivity index (χ3v) is 3.53. The van der Waals surface area contributed by atoms with E-state index < -0.39 is 0 Å². The van der Waals surface area contributed by atoms with Crippen LogP contribution in [-0.4, -0.2) is 22.4 Å². The number of amides is 1. The molecular weight excluding hydrogens is 278 g/mol. The van der Waals surface area contributed by atoms with E-state index in [0.29, 0.717) is 17.8 Å². The smallest absolute Gasteiger partial charge is 0.269 e. The van der Waals surface area contributed by atoms with Crippen LogP contribution in [0, 0.1) is 0 Å². The summed E-state index contributed by atoms with van der Waals surface area (Å²) < 4.78 is 0. The second-order valence-electron chi connectivity index (χ2n) is 3.93. The van der Waals surface area contributed by atoms with Crippen LogP contribution < -0.4 is 11.1 Å². The second kappa shape index (κ2) is 6.40. The molecule has 2 aromatic heterocycles. The Morgan fingerprint density at radius 1 is 1.42 bits per heavy atom. The Balaban J connectivity index is 1.87. The summed E-state index contributed by atoms with van der Waals surface area (Å²) in [7, 11) is 0. The number of hydrogen-bond acceptors (Lipinski definition) is 4. The molecule has 2 aromatic rings. The van der Waals surface area contributed by atoms with Gasteiger partial charge in [-0.25, -0.2) is 0 Å². The molecular formula is C13H13N3OS2. The van der Waals surface area contributed by atoms with Crippen LogP contribution >= 0.6 is 23.6 Å². The number of nitrogens with two attached hydrogens (primary N) is 1. The summed E-state index contributed by atoms with van der Waals surface area (Å²) >= 11 is 6.47. The molecule has 0 radical (unpaired) electrons. The summed E-state index contributed by atoms with van der Waals surface area (Å²) in [4.78, 5) is 16.1. The summed E-state index contributed by atoms with van der Waals surface area (Å²) in [5, 5.41) is 6.92. The van der Waals surface area contributed by atoms with Crippen molar-refractivity contribution >= 4 is 34.5 Å². The van der Waals surface area contributed by atoms with Crippen LogP contribution in [0.5, 0.6) is 0 Å². The van der Waals surface area contributed by atoms with Gasteiger partial charge in [-0.2, -0.15) is 11.3 Å². The number of nitrogens with zero attached hydrogens (tertiary/aromatic N) is 1. The molecule has 98 valence electrons. The number of carbonyl (C=O) groups is 1. The van der Waals surface area contributed by atoms with Crippen molar-refractivity contribution in [1.29, 1.82) is 0 Å². The molecule has 1 amide bonds. The zero-order valence-electron chi connectivity index (χ0n) is 10.1. The fraction of sp³-hybridized carbons (Fsp3) is 0.154. The van der Waals surface area contributed by atoms with E-state index >= 15 is 0 Å². The first-order chi connectivity index (χ1) is 9.16. The summed E-state index contributed by atoms with van der Waals surface area (Å²) in [6, 6.07) is 5.36. The van der Waals surface area contributed by atoms with Crippen LogP contribution in [0.25, 0.3) is 0 Å². The van der Waals surface area contributed by atoms with Crippen LogP contribution in [0.4, 0.5) is 0 Å². The van der Waals surface area contributed by atoms with Gasteiger partial charge in [0.2, 0.25) is 0 Å². The Labute approximate surface area is 120 Å². The maximum atomic E-state index is 11.8. The van der Waals surface area contributed by atoms with Crippen LogP contribution in [0.3, 0.4) is 0 Å². The third kappa shape index (κ3) is 3.84. The van der Waals surface area contributed by atoms with Gasteiger partial charge in [-0.1, -0.05) is 12.2 Å². The monoisotopic (exact) mass is 291 g/mol. The third-order valence-electron chi connectivity index (χ3n) is 2.56. The number of aromatic nitrogens is 1. The topological polar surface area (TPSA) is 68.0 Å². The van der Waals surface area contributed by atoms with E-state index in [1.165, 1.54) is 11.8 Å². The van der Waals surface area contributed by atoms with Gasteiger partial charge in [0.05, 0.1) is 0 Å². The fourth-order valence-electron chi connectivity index (χ4n) is 1.52. The Bertz CT molecular complexity index is 564. The van der Waals surface area contributed by atoms with E-state index in [4.69, 9.17) is 18.0 Å². The van der Waals surface area contributed by atoms with E-state index in [2.05, 4.69) is 15.7 Å². The largest absolute Gasteiger partial charge is 0.389 e. The molecule has 2 rings (SSSR count). The van der Waals surface area contributed by atoms with Crippen molar-refractivity contribution in [3.05, 3.63) is 52.0 Å². The van der Waals surface area contributed by atoms with Gasteiger partial charge < -0.3 is 11.1 Å². The van der Waals surface area contributed by atoms with Crippen molar-refractivity contribution in [2.45, 2.75) is 6.42 Å². The van der Waals surface area contributed by atoms with Gasteiger partial charge in [-0.3, -0.25) is 9.78 Å². The fourth-order valence-corrected chi connectivity index (χ4v) is 2.34. The molecule has 0 spiro atoms. The molecule has 0 unspecified atom stereocenters. The molecule has 0 saturated heterocycles. The Hall–Kier alpha value is -1.79. The van der Waals surface area contributed by atoms with Gasteiger partial charge in [-0.05, 0) is 40.9 Å². The van der Waals surface area contributed by atoms with Crippen molar-refractivity contribution in [3.63, 3.8) is 0 Å². The van der Waals surface area contributed by atoms with Crippen molar-refractivity contribution in [2.24, 2.45) is 5.73 Å². The number of rotatable bonds is 5. The molecule has 0 saturated carbocycles. The number of thiocarbonyl (C=S) groups is 1. The minimum Gasteiger partial charge on any atom is -0.389 e. The van der Waals surface area contributed by atoms with Gasteiger partial charge in [0.25, 0.3) is 5.91 Å². The average molecular weight is 291 g/mol. The van der Waals surface area contributed by atoms with Gasteiger partial charge >= 0.3 is 0 Å². The Morgan fingerprint density at radius 3 is 2.84 bits per heavy atom. The van der Waals surface area contributed by atoms with Gasteiger partial charge in [0.15, 0.2) is 0 Å². The van der Waals surface area contributed by atoms with E-state index in [-0.39, 0.29) is 10.9 Å². The number of hydrogen-bond donors (Lipinski definition) is 2. The predicted octanol–water partition coefficient (Wildman–Crippen LogP) is 1.75. The highest BCUT2D eigenvalue weighted by Gasteiger charge is 2.07. The number of nitrogens with one attached hydrogen (secondary N) is 1. The lowest BCUT2D eigenvalue weighted by Crippen LogP contribution is -2.26. The molecule has 4 nitrogen and oxygen atoms in total. The highest BCUT2D eigenvalue weighted by atomic mass is 32.1. The molecule has 19 heavy (non-hydrogen) atoms. The molecule has 0 fully saturated rings. The first-order valence-corrected chi connectivity index (χ1v) is 7.07. The predicted molar refractivity (Wildman–Crippen MR) is 80.5 cm³/mol. The maximum absolute atomic E-state index is 11.8. The quantitative estimate of drug-likeness (QED) is 0.824. The Kier molecular flexibility index (Phi) is 4.59. The maximum Gasteiger partial charge on any atom is 0.269 e. The highest BCUT2D eigenvalue weighted by molar-refractivity contribution is 7.80. The lowest BCUT2D eigenvalue weighted by atomic mass is 10.2.